The van der Waals surface area contributed by atoms with Crippen LogP contribution in [0, 0.1) is 19.3 Å². The molecule has 3 aromatic rings. The van der Waals surface area contributed by atoms with Gasteiger partial charge < -0.3 is 18.2 Å². The van der Waals surface area contributed by atoms with Gasteiger partial charge in [-0.2, -0.15) is 18.2 Å². The summed E-state index contributed by atoms with van der Waals surface area (Å²) in [6.07, 6.45) is -3.44. The third-order valence-electron chi connectivity index (χ3n) is 5.24. The van der Waals surface area contributed by atoms with E-state index in [0.29, 0.717) is 30.8 Å². The van der Waals surface area contributed by atoms with Crippen molar-refractivity contribution in [1.29, 1.82) is 0 Å². The van der Waals surface area contributed by atoms with E-state index >= 15 is 0 Å². The number of aromatic nitrogens is 3. The third kappa shape index (κ3) is 6.94. The second-order valence-corrected chi connectivity index (χ2v) is 12.3. The largest absolute Gasteiger partial charge is 0.493 e. The van der Waals surface area contributed by atoms with Gasteiger partial charge in [0.25, 0.3) is 0 Å². The molecule has 0 aliphatic carbocycles. The standard InChI is InChI=1S/C24H32F3N3O4Si/c1-14-11-16(21-28-22(33-30-21)24(25,26)27)12-15(2)19(14)31-10-8-9-17-13-18(29-32-17)20(23(3,4)5)34-35(6)7/h11-13,20,35H,8-10H2,1-7H3. The minimum Gasteiger partial charge on any atom is -0.493 e. The van der Waals surface area contributed by atoms with E-state index in [2.05, 4.69) is 53.7 Å². The van der Waals surface area contributed by atoms with Gasteiger partial charge in [0.05, 0.1) is 12.7 Å². The van der Waals surface area contributed by atoms with Crippen LogP contribution in [-0.4, -0.2) is 30.9 Å². The number of hydrogen-bond donors (Lipinski definition) is 0. The number of ether oxygens (including phenoxy) is 1. The molecule has 0 aliphatic heterocycles. The molecule has 35 heavy (non-hydrogen) atoms. The maximum absolute atomic E-state index is 12.7. The maximum Gasteiger partial charge on any atom is 0.471 e. The highest BCUT2D eigenvalue weighted by atomic mass is 28.3. The smallest absolute Gasteiger partial charge is 0.471 e. The third-order valence-corrected chi connectivity index (χ3v) is 6.06. The Hall–Kier alpha value is -2.66. The molecule has 0 aliphatic rings. The highest BCUT2D eigenvalue weighted by Crippen LogP contribution is 2.36. The summed E-state index contributed by atoms with van der Waals surface area (Å²) in [6, 6.07) is 5.32. The SMILES string of the molecule is Cc1cc(-c2noc(C(F)(F)F)n2)cc(C)c1OCCCc1cc(C(O[SiH](C)C)C(C)(C)C)no1. The highest BCUT2D eigenvalue weighted by Gasteiger charge is 2.38. The Bertz CT molecular complexity index is 1110. The van der Waals surface area contributed by atoms with E-state index in [1.54, 1.807) is 12.1 Å². The number of nitrogens with zero attached hydrogens (tertiary/aromatic N) is 3. The fraction of sp³-hybridized carbons (Fsp3) is 0.542. The lowest BCUT2D eigenvalue weighted by atomic mass is 9.87. The molecule has 2 heterocycles. The molecule has 192 valence electrons. The van der Waals surface area contributed by atoms with Gasteiger partial charge in [-0.1, -0.05) is 31.1 Å². The van der Waals surface area contributed by atoms with Gasteiger partial charge in [0.15, 0.2) is 9.04 Å². The van der Waals surface area contributed by atoms with Crippen molar-refractivity contribution in [3.63, 3.8) is 0 Å². The topological polar surface area (TPSA) is 83.4 Å². The van der Waals surface area contributed by atoms with Crippen LogP contribution in [0.25, 0.3) is 11.4 Å². The predicted molar refractivity (Wildman–Crippen MR) is 127 cm³/mol. The van der Waals surface area contributed by atoms with Crippen LogP contribution in [-0.2, 0) is 17.0 Å². The second-order valence-electron chi connectivity index (χ2n) is 9.96. The molecule has 3 rings (SSSR count). The average Bonchev–Trinajstić information content (AvgIpc) is 3.39. The number of hydrogen-bond acceptors (Lipinski definition) is 7. The molecule has 1 unspecified atom stereocenters. The summed E-state index contributed by atoms with van der Waals surface area (Å²) in [6.45, 7) is 14.7. The summed E-state index contributed by atoms with van der Waals surface area (Å²) >= 11 is 0. The molecule has 7 nitrogen and oxygen atoms in total. The Morgan fingerprint density at radius 1 is 1.00 bits per heavy atom. The summed E-state index contributed by atoms with van der Waals surface area (Å²) < 4.78 is 60.3. The molecular formula is C24H32F3N3O4Si. The van der Waals surface area contributed by atoms with Crippen molar-refractivity contribution in [3.8, 4) is 17.1 Å². The Morgan fingerprint density at radius 3 is 2.20 bits per heavy atom. The van der Waals surface area contributed by atoms with E-state index in [1.807, 2.05) is 19.9 Å². The average molecular weight is 512 g/mol. The molecule has 0 spiro atoms. The Kier molecular flexibility index (Phi) is 8.10. The molecule has 2 aromatic heterocycles. The minimum absolute atomic E-state index is 0.0917. The molecule has 0 fully saturated rings. The second kappa shape index (κ2) is 10.5. The van der Waals surface area contributed by atoms with Crippen LogP contribution < -0.4 is 4.74 Å². The molecule has 0 saturated heterocycles. The predicted octanol–water partition coefficient (Wildman–Crippen LogP) is 6.46. The van der Waals surface area contributed by atoms with Gasteiger partial charge in [-0.25, -0.2) is 0 Å². The van der Waals surface area contributed by atoms with Gasteiger partial charge >= 0.3 is 12.1 Å². The van der Waals surface area contributed by atoms with Crippen LogP contribution in [0.15, 0.2) is 27.2 Å². The van der Waals surface area contributed by atoms with Crippen LogP contribution in [0.4, 0.5) is 13.2 Å². The van der Waals surface area contributed by atoms with Crippen LogP contribution in [0.2, 0.25) is 13.1 Å². The number of aryl methyl sites for hydroxylation is 3. The van der Waals surface area contributed by atoms with Crippen LogP contribution in [0.3, 0.4) is 0 Å². The summed E-state index contributed by atoms with van der Waals surface area (Å²) in [5.74, 6) is -0.0397. The number of benzene rings is 1. The maximum atomic E-state index is 12.7. The summed E-state index contributed by atoms with van der Waals surface area (Å²) in [5.41, 5.74) is 2.69. The first kappa shape index (κ1) is 26.9. The number of halogens is 3. The van der Waals surface area contributed by atoms with Crippen molar-refractivity contribution < 1.29 is 31.4 Å². The molecule has 11 heteroatoms. The first-order valence-corrected chi connectivity index (χ1v) is 14.3. The van der Waals surface area contributed by atoms with E-state index in [4.69, 9.17) is 13.7 Å². The first-order valence-electron chi connectivity index (χ1n) is 11.5. The fourth-order valence-electron chi connectivity index (χ4n) is 3.74. The summed E-state index contributed by atoms with van der Waals surface area (Å²) in [4.78, 5) is 3.45. The van der Waals surface area contributed by atoms with Gasteiger partial charge in [0.1, 0.15) is 17.2 Å². The zero-order valence-electron chi connectivity index (χ0n) is 21.1. The molecule has 0 N–H and O–H groups in total. The molecule has 1 atom stereocenters. The van der Waals surface area contributed by atoms with Crippen LogP contribution in [0.5, 0.6) is 5.75 Å². The Morgan fingerprint density at radius 2 is 1.66 bits per heavy atom. The van der Waals surface area contributed by atoms with Crippen molar-refractivity contribution in [2.24, 2.45) is 5.41 Å². The lowest BCUT2D eigenvalue weighted by Crippen LogP contribution is -2.26. The molecule has 1 aromatic carbocycles. The molecule has 0 radical (unpaired) electrons. The Labute approximate surface area is 204 Å². The van der Waals surface area contributed by atoms with Crippen molar-refractivity contribution in [2.45, 2.75) is 72.8 Å². The van der Waals surface area contributed by atoms with Crippen molar-refractivity contribution in [2.75, 3.05) is 6.61 Å². The molecular weight excluding hydrogens is 479 g/mol. The Balaban J connectivity index is 1.60. The lowest BCUT2D eigenvalue weighted by molar-refractivity contribution is -0.159. The summed E-state index contributed by atoms with van der Waals surface area (Å²) in [7, 11) is -1.26. The van der Waals surface area contributed by atoms with E-state index < -0.39 is 21.1 Å². The number of alkyl halides is 3. The first-order chi connectivity index (χ1) is 16.3. The zero-order chi connectivity index (χ0) is 26.0. The van der Waals surface area contributed by atoms with Crippen molar-refractivity contribution in [1.82, 2.24) is 15.3 Å². The molecule has 0 amide bonds. The zero-order valence-corrected chi connectivity index (χ0v) is 22.3. The van der Waals surface area contributed by atoms with Crippen molar-refractivity contribution >= 4 is 9.04 Å². The molecule has 0 bridgehead atoms. The highest BCUT2D eigenvalue weighted by molar-refractivity contribution is 6.48. The fourth-order valence-corrected chi connectivity index (χ4v) is 4.84. The van der Waals surface area contributed by atoms with E-state index in [1.165, 1.54) is 0 Å². The van der Waals surface area contributed by atoms with Gasteiger partial charge in [0, 0.05) is 18.1 Å². The van der Waals surface area contributed by atoms with E-state index in [-0.39, 0.29) is 17.3 Å². The van der Waals surface area contributed by atoms with Crippen LogP contribution >= 0.6 is 0 Å². The van der Waals surface area contributed by atoms with Gasteiger partial charge in [-0.05, 0) is 62.0 Å². The van der Waals surface area contributed by atoms with Gasteiger partial charge in [-0.15, -0.1) is 0 Å². The lowest BCUT2D eigenvalue weighted by Gasteiger charge is -2.30. The van der Waals surface area contributed by atoms with Crippen LogP contribution in [0.1, 0.15) is 61.8 Å². The van der Waals surface area contributed by atoms with Crippen molar-refractivity contribution in [3.05, 3.63) is 46.7 Å². The minimum atomic E-state index is -4.68. The quantitative estimate of drug-likeness (QED) is 0.241. The summed E-state index contributed by atoms with van der Waals surface area (Å²) in [5, 5.41) is 7.70. The van der Waals surface area contributed by atoms with E-state index in [0.717, 1.165) is 22.6 Å². The monoisotopic (exact) mass is 511 g/mol. The van der Waals surface area contributed by atoms with E-state index in [9.17, 15) is 13.2 Å². The normalized spacial score (nSPS) is 13.5. The van der Waals surface area contributed by atoms with Gasteiger partial charge in [0.2, 0.25) is 5.82 Å². The molecule has 0 saturated carbocycles. The van der Waals surface area contributed by atoms with Gasteiger partial charge in [-0.3, -0.25) is 0 Å². The number of rotatable bonds is 9.